The molecule has 0 amide bonds. The largest absolute Gasteiger partial charge is 0.306 e. The molecule has 0 saturated carbocycles. The molecule has 3 aromatic heterocycles. The molecule has 0 aliphatic heterocycles. The van der Waals surface area contributed by atoms with Crippen molar-refractivity contribution in [1.82, 2.24) is 24.8 Å². The first-order chi connectivity index (χ1) is 15.5. The second kappa shape index (κ2) is 8.15. The van der Waals surface area contributed by atoms with Crippen LogP contribution in [0.3, 0.4) is 0 Å². The number of fused-ring (bicyclic) bond motifs is 1. The smallest absolute Gasteiger partial charge is 0.270 e. The van der Waals surface area contributed by atoms with Gasteiger partial charge < -0.3 is 5.32 Å². The lowest BCUT2D eigenvalue weighted by Gasteiger charge is -2.04. The Balaban J connectivity index is 1.40. The SMILES string of the molecule is O=[N+]([O-])c1cccc(-c2ccc(Nc3nc4scc(-c5cc(Cl)ccc5Cl)n4n3)nn2)c1. The molecule has 0 unspecified atom stereocenters. The molecule has 9 nitrogen and oxygen atoms in total. The van der Waals surface area contributed by atoms with Crippen molar-refractivity contribution < 1.29 is 4.92 Å². The van der Waals surface area contributed by atoms with Crippen molar-refractivity contribution in [2.75, 3.05) is 5.32 Å². The molecule has 5 rings (SSSR count). The highest BCUT2D eigenvalue weighted by Crippen LogP contribution is 2.33. The monoisotopic (exact) mass is 483 g/mol. The predicted octanol–water partition coefficient (Wildman–Crippen LogP) is 5.87. The highest BCUT2D eigenvalue weighted by Gasteiger charge is 2.15. The Morgan fingerprint density at radius 1 is 1.06 bits per heavy atom. The first-order valence-electron chi connectivity index (χ1n) is 9.13. The standard InChI is InChI=1S/C20H11Cl2N7O2S/c21-12-4-5-15(22)14(9-12)17-10-32-20-24-19(27-28(17)20)23-18-7-6-16(25-26-18)11-2-1-3-13(8-11)29(30)31/h1-10H,(H,23,26,27). The normalized spacial score (nSPS) is 11.1. The van der Waals surface area contributed by atoms with Crippen LogP contribution < -0.4 is 5.32 Å². The van der Waals surface area contributed by atoms with E-state index in [1.54, 1.807) is 47.0 Å². The minimum atomic E-state index is -0.451. The second-order valence-electron chi connectivity index (χ2n) is 6.61. The third-order valence-corrected chi connectivity index (χ3v) is 5.92. The number of aromatic nitrogens is 5. The molecule has 5 aromatic rings. The zero-order valence-electron chi connectivity index (χ0n) is 15.9. The molecular formula is C20H11Cl2N7O2S. The van der Waals surface area contributed by atoms with Crippen molar-refractivity contribution in [3.05, 3.63) is 80.1 Å². The zero-order chi connectivity index (χ0) is 22.2. The summed E-state index contributed by atoms with van der Waals surface area (Å²) in [6.45, 7) is 0. The van der Waals surface area contributed by atoms with Gasteiger partial charge in [0.2, 0.25) is 10.9 Å². The van der Waals surface area contributed by atoms with Crippen molar-refractivity contribution >= 4 is 57.0 Å². The molecule has 0 atom stereocenters. The van der Waals surface area contributed by atoms with E-state index in [1.165, 1.54) is 23.5 Å². The van der Waals surface area contributed by atoms with Gasteiger partial charge in [0.05, 0.1) is 21.3 Å². The highest BCUT2D eigenvalue weighted by atomic mass is 35.5. The third-order valence-electron chi connectivity index (χ3n) is 4.54. The Labute approximate surface area is 194 Å². The van der Waals surface area contributed by atoms with E-state index in [1.807, 2.05) is 5.38 Å². The fourth-order valence-corrected chi connectivity index (χ4v) is 4.27. The van der Waals surface area contributed by atoms with Crippen LogP contribution in [0, 0.1) is 10.1 Å². The van der Waals surface area contributed by atoms with Crippen LogP contribution in [-0.4, -0.2) is 29.7 Å². The van der Waals surface area contributed by atoms with Crippen LogP contribution in [0.4, 0.5) is 17.5 Å². The number of hydrogen-bond donors (Lipinski definition) is 1. The molecule has 0 aliphatic carbocycles. The van der Waals surface area contributed by atoms with Crippen LogP contribution in [0.25, 0.3) is 27.5 Å². The van der Waals surface area contributed by atoms with Crippen LogP contribution in [-0.2, 0) is 0 Å². The van der Waals surface area contributed by atoms with E-state index in [2.05, 4.69) is 25.6 Å². The number of hydrogen-bond acceptors (Lipinski definition) is 8. The number of nitrogens with one attached hydrogen (secondary N) is 1. The lowest BCUT2D eigenvalue weighted by molar-refractivity contribution is -0.384. The molecule has 12 heteroatoms. The summed E-state index contributed by atoms with van der Waals surface area (Å²) in [4.78, 5) is 15.6. The number of rotatable bonds is 5. The van der Waals surface area contributed by atoms with Crippen molar-refractivity contribution in [3.63, 3.8) is 0 Å². The predicted molar refractivity (Wildman–Crippen MR) is 124 cm³/mol. The first-order valence-corrected chi connectivity index (χ1v) is 10.8. The number of nitro groups is 1. The average molecular weight is 484 g/mol. The maximum atomic E-state index is 11.0. The highest BCUT2D eigenvalue weighted by molar-refractivity contribution is 7.15. The average Bonchev–Trinajstić information content (AvgIpc) is 3.36. The van der Waals surface area contributed by atoms with Crippen molar-refractivity contribution in [1.29, 1.82) is 0 Å². The summed E-state index contributed by atoms with van der Waals surface area (Å²) in [5.74, 6) is 0.772. The fourth-order valence-electron chi connectivity index (χ4n) is 3.06. The van der Waals surface area contributed by atoms with Crippen molar-refractivity contribution in [2.45, 2.75) is 0 Å². The van der Waals surface area contributed by atoms with Gasteiger partial charge in [-0.3, -0.25) is 10.1 Å². The Morgan fingerprint density at radius 3 is 2.72 bits per heavy atom. The van der Waals surface area contributed by atoms with Gasteiger partial charge in [-0.2, -0.15) is 4.98 Å². The molecule has 32 heavy (non-hydrogen) atoms. The van der Waals surface area contributed by atoms with E-state index in [9.17, 15) is 10.1 Å². The molecule has 158 valence electrons. The molecule has 1 N–H and O–H groups in total. The summed E-state index contributed by atoms with van der Waals surface area (Å²) in [6.07, 6.45) is 0. The first kappa shape index (κ1) is 20.3. The van der Waals surface area contributed by atoms with Crippen molar-refractivity contribution in [2.24, 2.45) is 0 Å². The zero-order valence-corrected chi connectivity index (χ0v) is 18.3. The molecule has 3 heterocycles. The van der Waals surface area contributed by atoms with Gasteiger partial charge in [-0.25, -0.2) is 4.52 Å². The lowest BCUT2D eigenvalue weighted by atomic mass is 10.1. The number of nitro benzene ring substituents is 1. The number of non-ortho nitro benzene ring substituents is 1. The fraction of sp³-hybridized carbons (Fsp3) is 0. The number of benzene rings is 2. The molecule has 0 bridgehead atoms. The number of thiazole rings is 1. The summed E-state index contributed by atoms with van der Waals surface area (Å²) < 4.78 is 1.68. The summed E-state index contributed by atoms with van der Waals surface area (Å²) in [5, 5.41) is 29.8. The minimum absolute atomic E-state index is 0.00982. The quantitative estimate of drug-likeness (QED) is 0.245. The van der Waals surface area contributed by atoms with Crippen LogP contribution in [0.1, 0.15) is 0 Å². The van der Waals surface area contributed by atoms with Gasteiger partial charge in [-0.15, -0.1) is 26.6 Å². The number of anilines is 2. The maximum absolute atomic E-state index is 11.0. The Morgan fingerprint density at radius 2 is 1.94 bits per heavy atom. The van der Waals surface area contributed by atoms with Crippen LogP contribution in [0.5, 0.6) is 0 Å². The van der Waals surface area contributed by atoms with Crippen LogP contribution >= 0.6 is 34.5 Å². The topological polar surface area (TPSA) is 111 Å². The van der Waals surface area contributed by atoms with Crippen molar-refractivity contribution in [3.8, 4) is 22.5 Å². The number of halogens is 2. The Bertz CT molecular complexity index is 1470. The van der Waals surface area contributed by atoms with Gasteiger partial charge in [-0.1, -0.05) is 35.3 Å². The summed E-state index contributed by atoms with van der Waals surface area (Å²) in [6, 6.07) is 14.9. The molecule has 0 saturated heterocycles. The van der Waals surface area contributed by atoms with E-state index >= 15 is 0 Å². The molecule has 0 spiro atoms. The summed E-state index contributed by atoms with van der Waals surface area (Å²) >= 11 is 13.9. The van der Waals surface area contributed by atoms with E-state index in [0.717, 1.165) is 11.3 Å². The second-order valence-corrected chi connectivity index (χ2v) is 8.29. The summed E-state index contributed by atoms with van der Waals surface area (Å²) in [5.41, 5.74) is 2.62. The molecule has 2 aromatic carbocycles. The van der Waals surface area contributed by atoms with Gasteiger partial charge >= 0.3 is 0 Å². The summed E-state index contributed by atoms with van der Waals surface area (Å²) in [7, 11) is 0. The molecule has 0 aliphatic rings. The van der Waals surface area contributed by atoms with Gasteiger partial charge in [0.25, 0.3) is 5.69 Å². The van der Waals surface area contributed by atoms with E-state index in [-0.39, 0.29) is 5.69 Å². The minimum Gasteiger partial charge on any atom is -0.306 e. The molecular weight excluding hydrogens is 473 g/mol. The Kier molecular flexibility index (Phi) is 5.17. The van der Waals surface area contributed by atoms with Gasteiger partial charge in [0.1, 0.15) is 0 Å². The van der Waals surface area contributed by atoms with Gasteiger partial charge in [0, 0.05) is 33.7 Å². The maximum Gasteiger partial charge on any atom is 0.270 e. The molecule has 0 fully saturated rings. The van der Waals surface area contributed by atoms with Gasteiger partial charge in [0.15, 0.2) is 5.82 Å². The molecule has 0 radical (unpaired) electrons. The van der Waals surface area contributed by atoms with E-state index in [0.29, 0.717) is 38.0 Å². The Hall–Kier alpha value is -3.60. The third kappa shape index (κ3) is 3.86. The lowest BCUT2D eigenvalue weighted by Crippen LogP contribution is -1.99. The van der Waals surface area contributed by atoms with E-state index in [4.69, 9.17) is 23.2 Å². The number of nitrogens with zero attached hydrogens (tertiary/aromatic N) is 6. The van der Waals surface area contributed by atoms with Crippen LogP contribution in [0.15, 0.2) is 60.0 Å². The van der Waals surface area contributed by atoms with Crippen LogP contribution in [0.2, 0.25) is 10.0 Å². The van der Waals surface area contributed by atoms with Gasteiger partial charge in [-0.05, 0) is 30.3 Å². The van der Waals surface area contributed by atoms with E-state index < -0.39 is 4.92 Å².